The Balaban J connectivity index is 0.00000162. The molecule has 0 atom stereocenters. The highest BCUT2D eigenvalue weighted by Gasteiger charge is 2.10. The van der Waals surface area contributed by atoms with Gasteiger partial charge in [0.15, 0.2) is 0 Å². The van der Waals surface area contributed by atoms with Crippen molar-refractivity contribution in [3.8, 4) is 16.9 Å². The molecule has 0 unspecified atom stereocenters. The Hall–Kier alpha value is -1.58. The summed E-state index contributed by atoms with van der Waals surface area (Å²) in [5.74, 6) is 0.361. The molecule has 96 valence electrons. The first-order chi connectivity index (χ1) is 8.26. The zero-order valence-corrected chi connectivity index (χ0v) is 10.8. The fourth-order valence-electron chi connectivity index (χ4n) is 1.85. The van der Waals surface area contributed by atoms with E-state index in [0.29, 0.717) is 12.3 Å². The zero-order valence-electron chi connectivity index (χ0n) is 10.0. The maximum atomic E-state index is 13.3. The molecular weight excluding hydrogens is 253 g/mol. The van der Waals surface area contributed by atoms with Crippen molar-refractivity contribution >= 4 is 12.4 Å². The van der Waals surface area contributed by atoms with Crippen LogP contribution in [-0.4, -0.2) is 7.11 Å². The molecule has 2 aromatic carbocycles. The van der Waals surface area contributed by atoms with Crippen molar-refractivity contribution in [3.05, 3.63) is 53.8 Å². The van der Waals surface area contributed by atoms with Crippen LogP contribution in [0.4, 0.5) is 4.39 Å². The predicted octanol–water partition coefficient (Wildman–Crippen LogP) is 3.38. The largest absolute Gasteiger partial charge is 0.496 e. The van der Waals surface area contributed by atoms with Gasteiger partial charge >= 0.3 is 0 Å². The van der Waals surface area contributed by atoms with Crippen molar-refractivity contribution in [1.29, 1.82) is 0 Å². The van der Waals surface area contributed by atoms with Gasteiger partial charge in [-0.05, 0) is 29.3 Å². The van der Waals surface area contributed by atoms with Crippen LogP contribution in [0, 0.1) is 5.82 Å². The van der Waals surface area contributed by atoms with Crippen LogP contribution >= 0.6 is 12.4 Å². The second-order valence-corrected chi connectivity index (χ2v) is 3.71. The van der Waals surface area contributed by atoms with Crippen LogP contribution in [0.3, 0.4) is 0 Å². The molecule has 0 heterocycles. The van der Waals surface area contributed by atoms with Crippen LogP contribution in [0.5, 0.6) is 5.75 Å². The van der Waals surface area contributed by atoms with E-state index in [2.05, 4.69) is 0 Å². The third-order valence-corrected chi connectivity index (χ3v) is 2.69. The zero-order chi connectivity index (χ0) is 12.3. The van der Waals surface area contributed by atoms with E-state index in [4.69, 9.17) is 10.5 Å². The monoisotopic (exact) mass is 267 g/mol. The molecule has 0 bridgehead atoms. The maximum Gasteiger partial charge on any atom is 0.126 e. The van der Waals surface area contributed by atoms with Gasteiger partial charge in [-0.2, -0.15) is 0 Å². The van der Waals surface area contributed by atoms with Gasteiger partial charge in [-0.15, -0.1) is 12.4 Å². The molecule has 2 aromatic rings. The normalized spacial score (nSPS) is 9.72. The van der Waals surface area contributed by atoms with Gasteiger partial charge in [0, 0.05) is 12.1 Å². The topological polar surface area (TPSA) is 35.2 Å². The minimum atomic E-state index is -0.285. The number of hydrogen-bond donors (Lipinski definition) is 1. The van der Waals surface area contributed by atoms with Gasteiger partial charge in [-0.25, -0.2) is 4.39 Å². The summed E-state index contributed by atoms with van der Waals surface area (Å²) in [6.45, 7) is 0.413. The highest BCUT2D eigenvalue weighted by molar-refractivity contribution is 5.85. The van der Waals surface area contributed by atoms with E-state index in [1.807, 2.05) is 24.3 Å². The molecule has 2 rings (SSSR count). The van der Waals surface area contributed by atoms with Crippen LogP contribution < -0.4 is 10.5 Å². The van der Waals surface area contributed by atoms with Crippen LogP contribution in [0.2, 0.25) is 0 Å². The summed E-state index contributed by atoms with van der Waals surface area (Å²) < 4.78 is 18.6. The van der Waals surface area contributed by atoms with E-state index in [1.165, 1.54) is 12.1 Å². The Bertz CT molecular complexity index is 531. The third-order valence-electron chi connectivity index (χ3n) is 2.69. The van der Waals surface area contributed by atoms with E-state index >= 15 is 0 Å². The highest BCUT2D eigenvalue weighted by Crippen LogP contribution is 2.32. The lowest BCUT2D eigenvalue weighted by atomic mass is 9.99. The number of halogens is 2. The molecule has 4 heteroatoms. The van der Waals surface area contributed by atoms with Crippen molar-refractivity contribution in [2.45, 2.75) is 6.54 Å². The SMILES string of the molecule is COc1ccc(F)cc1-c1ccccc1CN.Cl. The standard InChI is InChI=1S/C14H14FNO.ClH/c1-17-14-7-6-11(15)8-13(14)12-5-3-2-4-10(12)9-16;/h2-8H,9,16H2,1H3;1H. The van der Waals surface area contributed by atoms with Crippen LogP contribution in [0.1, 0.15) is 5.56 Å². The molecule has 18 heavy (non-hydrogen) atoms. The highest BCUT2D eigenvalue weighted by atomic mass is 35.5. The minimum absolute atomic E-state index is 0. The first kappa shape index (κ1) is 14.5. The smallest absolute Gasteiger partial charge is 0.126 e. The van der Waals surface area contributed by atoms with E-state index in [-0.39, 0.29) is 18.2 Å². The molecule has 0 saturated heterocycles. The van der Waals surface area contributed by atoms with Gasteiger partial charge in [0.1, 0.15) is 11.6 Å². The van der Waals surface area contributed by atoms with Crippen molar-refractivity contribution in [2.75, 3.05) is 7.11 Å². The van der Waals surface area contributed by atoms with Crippen molar-refractivity contribution < 1.29 is 9.13 Å². The molecule has 0 aliphatic rings. The lowest BCUT2D eigenvalue weighted by molar-refractivity contribution is 0.415. The van der Waals surface area contributed by atoms with E-state index in [9.17, 15) is 4.39 Å². The van der Waals surface area contributed by atoms with Gasteiger partial charge in [0.25, 0.3) is 0 Å². The second kappa shape index (κ2) is 6.38. The number of hydrogen-bond acceptors (Lipinski definition) is 2. The minimum Gasteiger partial charge on any atom is -0.496 e. The summed E-state index contributed by atoms with van der Waals surface area (Å²) in [6, 6.07) is 12.1. The van der Waals surface area contributed by atoms with Crippen molar-refractivity contribution in [3.63, 3.8) is 0 Å². The van der Waals surface area contributed by atoms with Gasteiger partial charge in [-0.3, -0.25) is 0 Å². The molecule has 0 spiro atoms. The summed E-state index contributed by atoms with van der Waals surface area (Å²) in [6.07, 6.45) is 0. The second-order valence-electron chi connectivity index (χ2n) is 3.71. The molecule has 2 nitrogen and oxygen atoms in total. The summed E-state index contributed by atoms with van der Waals surface area (Å²) in [5.41, 5.74) is 8.29. The number of nitrogens with two attached hydrogens (primary N) is 1. The van der Waals surface area contributed by atoms with Crippen molar-refractivity contribution in [2.24, 2.45) is 5.73 Å². The molecule has 0 saturated carbocycles. The Kier molecular flexibility index (Phi) is 5.13. The molecule has 2 N–H and O–H groups in total. The predicted molar refractivity (Wildman–Crippen MR) is 73.5 cm³/mol. The molecule has 0 aliphatic carbocycles. The first-order valence-electron chi connectivity index (χ1n) is 5.38. The quantitative estimate of drug-likeness (QED) is 0.925. The number of benzene rings is 2. The Morgan fingerprint density at radius 2 is 1.83 bits per heavy atom. The summed E-state index contributed by atoms with van der Waals surface area (Å²) >= 11 is 0. The average Bonchev–Trinajstić information content (AvgIpc) is 2.38. The molecule has 0 fully saturated rings. The van der Waals surface area contributed by atoms with E-state index in [0.717, 1.165) is 16.7 Å². The summed E-state index contributed by atoms with van der Waals surface area (Å²) in [4.78, 5) is 0. The molecule has 0 aliphatic heterocycles. The Morgan fingerprint density at radius 1 is 1.11 bits per heavy atom. The van der Waals surface area contributed by atoms with Crippen molar-refractivity contribution in [1.82, 2.24) is 0 Å². The van der Waals surface area contributed by atoms with Crippen LogP contribution in [0.15, 0.2) is 42.5 Å². The van der Waals surface area contributed by atoms with Crippen LogP contribution in [0.25, 0.3) is 11.1 Å². The summed E-state index contributed by atoms with van der Waals surface area (Å²) in [7, 11) is 1.57. The number of methoxy groups -OCH3 is 1. The van der Waals surface area contributed by atoms with Gasteiger partial charge < -0.3 is 10.5 Å². The number of rotatable bonds is 3. The van der Waals surface area contributed by atoms with Gasteiger partial charge in [0.05, 0.1) is 7.11 Å². The first-order valence-corrected chi connectivity index (χ1v) is 5.38. The lowest BCUT2D eigenvalue weighted by Crippen LogP contribution is -1.99. The Labute approximate surface area is 112 Å². The van der Waals surface area contributed by atoms with E-state index in [1.54, 1.807) is 13.2 Å². The number of ether oxygens (including phenoxy) is 1. The lowest BCUT2D eigenvalue weighted by Gasteiger charge is -2.12. The molecule has 0 radical (unpaired) electrons. The fraction of sp³-hybridized carbons (Fsp3) is 0.143. The third kappa shape index (κ3) is 2.81. The summed E-state index contributed by atoms with van der Waals surface area (Å²) in [5, 5.41) is 0. The van der Waals surface area contributed by atoms with E-state index < -0.39 is 0 Å². The van der Waals surface area contributed by atoms with Gasteiger partial charge in [-0.1, -0.05) is 24.3 Å². The molecule has 0 aromatic heterocycles. The average molecular weight is 268 g/mol. The van der Waals surface area contributed by atoms with Gasteiger partial charge in [0.2, 0.25) is 0 Å². The fourth-order valence-corrected chi connectivity index (χ4v) is 1.85. The Morgan fingerprint density at radius 3 is 2.50 bits per heavy atom. The van der Waals surface area contributed by atoms with Crippen LogP contribution in [-0.2, 0) is 6.54 Å². The molecular formula is C14H15ClFNO. The molecule has 0 amide bonds. The maximum absolute atomic E-state index is 13.3.